The zero-order chi connectivity index (χ0) is 16.8. The van der Waals surface area contributed by atoms with Crippen LogP contribution in [-0.2, 0) is 14.3 Å². The van der Waals surface area contributed by atoms with E-state index in [1.165, 1.54) is 12.1 Å². The van der Waals surface area contributed by atoms with Crippen LogP contribution in [0.25, 0.3) is 0 Å². The second-order valence-electron chi connectivity index (χ2n) is 5.84. The lowest BCUT2D eigenvalue weighted by molar-refractivity contribution is -0.158. The molecule has 0 radical (unpaired) electrons. The van der Waals surface area contributed by atoms with Gasteiger partial charge in [0.25, 0.3) is 5.91 Å². The molecule has 1 aromatic rings. The van der Waals surface area contributed by atoms with Crippen LogP contribution in [0.5, 0.6) is 0 Å². The van der Waals surface area contributed by atoms with Gasteiger partial charge in [-0.25, -0.2) is 0 Å². The van der Waals surface area contributed by atoms with E-state index in [4.69, 9.17) is 10.5 Å². The first-order valence-electron chi connectivity index (χ1n) is 7.88. The van der Waals surface area contributed by atoms with Crippen LogP contribution in [0.4, 0.5) is 5.69 Å². The number of rotatable bonds is 5. The maximum absolute atomic E-state index is 12.1. The third-order valence-electron chi connectivity index (χ3n) is 4.04. The summed E-state index contributed by atoms with van der Waals surface area (Å²) in [4.78, 5) is 35.1. The minimum Gasteiger partial charge on any atom is -0.452 e. The van der Waals surface area contributed by atoms with Gasteiger partial charge in [0.2, 0.25) is 5.91 Å². The Kier molecular flexibility index (Phi) is 5.73. The molecule has 0 saturated heterocycles. The number of primary amides is 1. The fraction of sp³-hybridized carbons (Fsp3) is 0.471. The lowest BCUT2D eigenvalue weighted by Gasteiger charge is -2.22. The van der Waals surface area contributed by atoms with Gasteiger partial charge in [-0.05, 0) is 44.0 Å². The number of amides is 2. The van der Waals surface area contributed by atoms with Gasteiger partial charge in [0.1, 0.15) is 0 Å². The topological polar surface area (TPSA) is 98.5 Å². The van der Waals surface area contributed by atoms with E-state index in [1.54, 1.807) is 19.1 Å². The van der Waals surface area contributed by atoms with Crippen LogP contribution in [0.3, 0.4) is 0 Å². The highest BCUT2D eigenvalue weighted by Crippen LogP contribution is 2.25. The van der Waals surface area contributed by atoms with Gasteiger partial charge < -0.3 is 15.8 Å². The van der Waals surface area contributed by atoms with Crippen molar-refractivity contribution in [3.05, 3.63) is 29.8 Å². The van der Waals surface area contributed by atoms with Crippen molar-refractivity contribution in [3.63, 3.8) is 0 Å². The Balaban J connectivity index is 1.86. The number of benzene rings is 1. The van der Waals surface area contributed by atoms with Gasteiger partial charge in [0, 0.05) is 11.3 Å². The lowest BCUT2D eigenvalue weighted by atomic mass is 9.89. The summed E-state index contributed by atoms with van der Waals surface area (Å²) in [6, 6.07) is 6.20. The molecule has 2 rings (SSSR count). The molecule has 1 unspecified atom stereocenters. The Hall–Kier alpha value is -2.37. The lowest BCUT2D eigenvalue weighted by Crippen LogP contribution is -2.32. The third kappa shape index (κ3) is 4.81. The first kappa shape index (κ1) is 17.0. The molecule has 0 heterocycles. The van der Waals surface area contributed by atoms with Gasteiger partial charge in [-0.3, -0.25) is 14.4 Å². The first-order valence-corrected chi connectivity index (χ1v) is 7.88. The number of carbonyl (C=O) groups is 3. The van der Waals surface area contributed by atoms with Crippen molar-refractivity contribution in [2.24, 2.45) is 11.7 Å². The highest BCUT2D eigenvalue weighted by atomic mass is 16.5. The van der Waals surface area contributed by atoms with Crippen LogP contribution in [-0.4, -0.2) is 23.9 Å². The molecule has 0 bridgehead atoms. The van der Waals surface area contributed by atoms with Gasteiger partial charge >= 0.3 is 5.97 Å². The summed E-state index contributed by atoms with van der Waals surface area (Å²) < 4.78 is 5.26. The molecule has 23 heavy (non-hydrogen) atoms. The molecule has 1 aromatic carbocycles. The summed E-state index contributed by atoms with van der Waals surface area (Å²) in [5.74, 6) is -1.32. The number of esters is 1. The second-order valence-corrected chi connectivity index (χ2v) is 5.84. The van der Waals surface area contributed by atoms with Crippen LogP contribution >= 0.6 is 0 Å². The van der Waals surface area contributed by atoms with E-state index >= 15 is 0 Å². The van der Waals surface area contributed by atoms with E-state index < -0.39 is 17.9 Å². The second kappa shape index (κ2) is 7.76. The smallest absolute Gasteiger partial charge is 0.309 e. The molecule has 2 amide bonds. The molecule has 6 heteroatoms. The zero-order valence-electron chi connectivity index (χ0n) is 13.2. The molecule has 0 aliphatic heterocycles. The van der Waals surface area contributed by atoms with Crippen LogP contribution in [0.1, 0.15) is 49.4 Å². The molecule has 1 aliphatic rings. The van der Waals surface area contributed by atoms with E-state index in [2.05, 4.69) is 5.32 Å². The van der Waals surface area contributed by atoms with Crippen molar-refractivity contribution in [2.75, 3.05) is 5.32 Å². The number of carbonyl (C=O) groups excluding carboxylic acids is 3. The predicted molar refractivity (Wildman–Crippen MR) is 85.7 cm³/mol. The van der Waals surface area contributed by atoms with Gasteiger partial charge in [-0.2, -0.15) is 0 Å². The minimum absolute atomic E-state index is 0.0890. The summed E-state index contributed by atoms with van der Waals surface area (Å²) in [6.45, 7) is 1.55. The highest BCUT2D eigenvalue weighted by molar-refractivity contribution is 5.96. The maximum Gasteiger partial charge on any atom is 0.309 e. The Morgan fingerprint density at radius 1 is 1.13 bits per heavy atom. The van der Waals surface area contributed by atoms with Crippen molar-refractivity contribution in [1.82, 2.24) is 0 Å². The summed E-state index contributed by atoms with van der Waals surface area (Å²) in [5.41, 5.74) is 6.03. The first-order chi connectivity index (χ1) is 11.0. The van der Waals surface area contributed by atoms with Gasteiger partial charge in [-0.1, -0.05) is 19.3 Å². The van der Waals surface area contributed by atoms with Crippen LogP contribution < -0.4 is 11.1 Å². The highest BCUT2D eigenvalue weighted by Gasteiger charge is 2.26. The quantitative estimate of drug-likeness (QED) is 0.813. The van der Waals surface area contributed by atoms with Gasteiger partial charge in [0.15, 0.2) is 6.10 Å². The predicted octanol–water partition coefficient (Wildman–Crippen LogP) is 2.24. The van der Waals surface area contributed by atoms with Crippen LogP contribution in [0, 0.1) is 5.92 Å². The summed E-state index contributed by atoms with van der Waals surface area (Å²) in [6.07, 6.45) is 4.03. The molecular weight excluding hydrogens is 296 g/mol. The largest absolute Gasteiger partial charge is 0.452 e. The Bertz CT molecular complexity index is 577. The van der Waals surface area contributed by atoms with E-state index in [0.29, 0.717) is 11.3 Å². The molecule has 6 nitrogen and oxygen atoms in total. The maximum atomic E-state index is 12.1. The number of anilines is 1. The average molecular weight is 318 g/mol. The summed E-state index contributed by atoms with van der Waals surface area (Å²) in [7, 11) is 0. The molecule has 3 N–H and O–H groups in total. The van der Waals surface area contributed by atoms with Crippen LogP contribution in [0.2, 0.25) is 0 Å². The van der Waals surface area contributed by atoms with E-state index in [1.807, 2.05) is 0 Å². The van der Waals surface area contributed by atoms with E-state index in [9.17, 15) is 14.4 Å². The van der Waals surface area contributed by atoms with Crippen molar-refractivity contribution >= 4 is 23.5 Å². The van der Waals surface area contributed by atoms with Crippen LogP contribution in [0.15, 0.2) is 24.3 Å². The standard InChI is InChI=1S/C17H22N2O4/c1-11(23-17(22)13-5-3-2-4-6-13)16(21)19-14-9-7-12(8-10-14)15(18)20/h7-11,13H,2-6H2,1H3,(H2,18,20)(H,19,21). The number of hydrogen-bond donors (Lipinski definition) is 2. The summed E-state index contributed by atoms with van der Waals surface area (Å²) in [5, 5.41) is 2.65. The van der Waals surface area contributed by atoms with Crippen molar-refractivity contribution < 1.29 is 19.1 Å². The molecule has 0 aromatic heterocycles. The van der Waals surface area contributed by atoms with Crippen molar-refractivity contribution in [3.8, 4) is 0 Å². The number of hydrogen-bond acceptors (Lipinski definition) is 4. The molecule has 1 aliphatic carbocycles. The number of nitrogens with one attached hydrogen (secondary N) is 1. The minimum atomic E-state index is -0.861. The van der Waals surface area contributed by atoms with E-state index in [0.717, 1.165) is 32.1 Å². The Morgan fingerprint density at radius 2 is 1.74 bits per heavy atom. The normalized spacial score (nSPS) is 16.4. The van der Waals surface area contributed by atoms with Crippen molar-refractivity contribution in [2.45, 2.75) is 45.1 Å². The van der Waals surface area contributed by atoms with Gasteiger partial charge in [-0.15, -0.1) is 0 Å². The molecule has 124 valence electrons. The number of nitrogens with two attached hydrogens (primary N) is 1. The Morgan fingerprint density at radius 3 is 2.30 bits per heavy atom. The van der Waals surface area contributed by atoms with Crippen molar-refractivity contribution in [1.29, 1.82) is 0 Å². The molecule has 1 saturated carbocycles. The SMILES string of the molecule is CC(OC(=O)C1CCCCC1)C(=O)Nc1ccc(C(N)=O)cc1. The van der Waals surface area contributed by atoms with E-state index in [-0.39, 0.29) is 11.9 Å². The van der Waals surface area contributed by atoms with Gasteiger partial charge in [0.05, 0.1) is 5.92 Å². The zero-order valence-corrected chi connectivity index (χ0v) is 13.2. The molecule has 0 spiro atoms. The molecular formula is C17H22N2O4. The molecule has 1 fully saturated rings. The average Bonchev–Trinajstić information content (AvgIpc) is 2.56. The fourth-order valence-electron chi connectivity index (χ4n) is 2.62. The molecule has 1 atom stereocenters. The Labute approximate surface area is 135 Å². The monoisotopic (exact) mass is 318 g/mol. The fourth-order valence-corrected chi connectivity index (χ4v) is 2.62. The number of ether oxygens (including phenoxy) is 1. The summed E-state index contributed by atoms with van der Waals surface area (Å²) >= 11 is 0. The third-order valence-corrected chi connectivity index (χ3v) is 4.04.